The Morgan fingerprint density at radius 3 is 2.18 bits per heavy atom. The highest BCUT2D eigenvalue weighted by atomic mass is 32.2. The lowest BCUT2D eigenvalue weighted by Gasteiger charge is -2.25. The molecule has 29 nitrogen and oxygen atoms in total. The fourth-order valence-electron chi connectivity index (χ4n) is 11.0. The number of amides is 1. The topological polar surface area (TPSA) is 430 Å². The molecule has 1 fully saturated rings. The fourth-order valence-corrected chi connectivity index (χ4v) is 15.6. The number of hydrogen-bond donors (Lipinski definition) is 8. The summed E-state index contributed by atoms with van der Waals surface area (Å²) >= 11 is 0. The van der Waals surface area contributed by atoms with Crippen molar-refractivity contribution < 1.29 is 95.9 Å². The number of benzene rings is 2. The molecule has 7 rings (SSSR count). The van der Waals surface area contributed by atoms with Gasteiger partial charge in [0.1, 0.15) is 46.8 Å². The lowest BCUT2D eigenvalue weighted by molar-refractivity contribution is -0.438. The van der Waals surface area contributed by atoms with Crippen LogP contribution in [0, 0.1) is 0 Å². The van der Waals surface area contributed by atoms with E-state index in [0.717, 1.165) is 28.3 Å². The second kappa shape index (κ2) is 30.2. The Morgan fingerprint density at radius 1 is 0.820 bits per heavy atom. The van der Waals surface area contributed by atoms with Gasteiger partial charge in [-0.3, -0.25) is 23.0 Å². The van der Waals surface area contributed by atoms with Crippen molar-refractivity contribution in [3.05, 3.63) is 96.3 Å². The summed E-state index contributed by atoms with van der Waals surface area (Å²) in [6.07, 6.45) is 13.7. The highest BCUT2D eigenvalue weighted by Crippen LogP contribution is 2.68. The molecule has 1 amide bonds. The van der Waals surface area contributed by atoms with Crippen molar-refractivity contribution in [2.24, 2.45) is 5.73 Å². The number of ether oxygens (including phenoxy) is 2. The summed E-state index contributed by atoms with van der Waals surface area (Å²) in [6.45, 7) is 10.7. The number of rotatable bonds is 35. The van der Waals surface area contributed by atoms with Crippen LogP contribution in [-0.4, -0.2) is 146 Å². The zero-order chi connectivity index (χ0) is 65.2. The predicted octanol–water partition coefficient (Wildman–Crippen LogP) is 7.22. The van der Waals surface area contributed by atoms with Crippen LogP contribution in [0.25, 0.3) is 11.2 Å². The number of nitrogen functional groups attached to an aromatic ring is 1. The summed E-state index contributed by atoms with van der Waals surface area (Å²) in [5, 5.41) is 14.5. The summed E-state index contributed by atoms with van der Waals surface area (Å²) in [6, 6.07) is 8.98. The minimum atomic E-state index is -5.77. The molecule has 10 N–H and O–H groups in total. The molecule has 1 saturated heterocycles. The molecule has 492 valence electrons. The quantitative estimate of drug-likeness (QED) is 0.00740. The maximum atomic E-state index is 12.9. The van der Waals surface area contributed by atoms with Crippen LogP contribution in [0.2, 0.25) is 0 Å². The monoisotopic (exact) mass is 1340 g/mol. The maximum absolute atomic E-state index is 12.9. The molecule has 5 heterocycles. The van der Waals surface area contributed by atoms with E-state index in [1.165, 1.54) is 41.5 Å². The van der Waals surface area contributed by atoms with Crippen molar-refractivity contribution in [3.8, 4) is 0 Å². The molecule has 0 radical (unpaired) electrons. The third-order valence-corrected chi connectivity index (χ3v) is 21.5. The molecule has 4 aromatic rings. The first-order chi connectivity index (χ1) is 41.8. The Kier molecular flexibility index (Phi) is 24.2. The predicted molar refractivity (Wildman–Crippen MR) is 326 cm³/mol. The smallest absolute Gasteiger partial charge is 0.490 e. The number of likely N-dealkylation sites (N-methyl/N-ethyl adjacent to an activating group) is 1. The molecule has 7 atom stereocenters. The molecule has 3 aliphatic rings. The van der Waals surface area contributed by atoms with Crippen LogP contribution in [0.4, 0.5) is 17.2 Å². The molecule has 2 aromatic heterocycles. The highest BCUT2D eigenvalue weighted by Gasteiger charge is 2.49. The van der Waals surface area contributed by atoms with E-state index in [1.54, 1.807) is 12.1 Å². The van der Waals surface area contributed by atoms with Crippen LogP contribution in [0.5, 0.6) is 0 Å². The van der Waals surface area contributed by atoms with Crippen molar-refractivity contribution in [2.75, 3.05) is 56.6 Å². The number of phosphoric ester groups is 2. The van der Waals surface area contributed by atoms with E-state index in [9.17, 15) is 64.2 Å². The second-order valence-electron chi connectivity index (χ2n) is 22.6. The van der Waals surface area contributed by atoms with E-state index in [4.69, 9.17) is 25.5 Å². The maximum Gasteiger partial charge on any atom is 0.490 e. The van der Waals surface area contributed by atoms with E-state index < -0.39 is 85.7 Å². The third-order valence-electron chi connectivity index (χ3n) is 15.5. The van der Waals surface area contributed by atoms with Gasteiger partial charge in [0.05, 0.1) is 34.7 Å². The first-order valence-corrected chi connectivity index (χ1v) is 36.4. The molecule has 89 heavy (non-hydrogen) atoms. The van der Waals surface area contributed by atoms with Gasteiger partial charge in [-0.1, -0.05) is 57.8 Å². The Bertz CT molecular complexity index is 3690. The first-order valence-electron chi connectivity index (χ1n) is 29.1. The van der Waals surface area contributed by atoms with Crippen LogP contribution in [0.3, 0.4) is 0 Å². The number of unbranched alkanes of at least 4 members (excludes halogenated alkanes) is 8. The standard InChI is InChI=1S/C55H80N9O20P3S2/c1-6-62-42-26-24-38(88(73,74)75)33-40(42)54(2,3)45(62)21-13-11-14-22-46-55(4,5)41-34-39(89(76,77)78)25-27-43(41)63(46)30-18-12-15-23-47(65)58-29-17-8-10-19-31-79-50-44(82-53(49(50)66)64-37-61-48-51(57)59-36-60-52(48)64)35-81-86(69,70)84-87(71,72)83-85(67,68)80-32-20-9-7-16-28-56/h11,13-14,21-22,24-27,33-34,36-37,44,49-50,53,66H,6-10,12,15-20,23,28-32,35,56H2,1-5H3,(H7-,57,58,59,60,65,67,68,69,70,71,72,73,74,75,76,77,78)/t44-,49-,50-,53-/m1/s1. The zero-order valence-corrected chi connectivity index (χ0v) is 54.4. The minimum absolute atomic E-state index is 0.0418. The van der Waals surface area contributed by atoms with Crippen molar-refractivity contribution in [1.29, 1.82) is 0 Å². The molecule has 0 spiro atoms. The van der Waals surface area contributed by atoms with Crippen molar-refractivity contribution >= 4 is 83.7 Å². The van der Waals surface area contributed by atoms with Gasteiger partial charge >= 0.3 is 23.5 Å². The van der Waals surface area contributed by atoms with Gasteiger partial charge in [0.2, 0.25) is 11.6 Å². The Labute approximate surface area is 517 Å². The number of anilines is 2. The molecule has 3 unspecified atom stereocenters. The van der Waals surface area contributed by atoms with Crippen LogP contribution in [-0.2, 0) is 76.7 Å². The molecule has 2 aromatic carbocycles. The highest BCUT2D eigenvalue weighted by molar-refractivity contribution is 7.86. The molecule has 0 saturated carbocycles. The Balaban J connectivity index is 0.877. The molecule has 0 aliphatic carbocycles. The minimum Gasteiger partial charge on any atom is -0.744 e. The van der Waals surface area contributed by atoms with Crippen molar-refractivity contribution in [1.82, 2.24) is 24.8 Å². The number of phosphoric acid groups is 3. The molecule has 0 bridgehead atoms. The largest absolute Gasteiger partial charge is 0.744 e. The number of aromatic nitrogens is 4. The van der Waals surface area contributed by atoms with Crippen molar-refractivity contribution in [3.63, 3.8) is 0 Å². The lowest BCUT2D eigenvalue weighted by atomic mass is 9.81. The van der Waals surface area contributed by atoms with Gasteiger partial charge in [-0.25, -0.2) is 37.1 Å². The van der Waals surface area contributed by atoms with E-state index in [2.05, 4.69) is 42.9 Å². The van der Waals surface area contributed by atoms with Gasteiger partial charge in [-0.15, -0.1) is 0 Å². The van der Waals surface area contributed by atoms with Crippen molar-refractivity contribution in [2.45, 2.75) is 157 Å². The number of carbonyl (C=O) groups is 1. The van der Waals surface area contributed by atoms with Crippen LogP contribution >= 0.6 is 23.5 Å². The summed E-state index contributed by atoms with van der Waals surface area (Å²) < 4.78 is 141. The summed E-state index contributed by atoms with van der Waals surface area (Å²) in [5.74, 6) is -0.0735. The molecular formula is C55H80N9O20P3S2. The number of allylic oxidation sites excluding steroid dienone is 6. The lowest BCUT2D eigenvalue weighted by Crippen LogP contribution is -2.36. The number of aliphatic hydroxyl groups excluding tert-OH is 1. The van der Waals surface area contributed by atoms with Gasteiger partial charge in [0, 0.05) is 67.0 Å². The van der Waals surface area contributed by atoms with E-state index in [0.29, 0.717) is 96.0 Å². The first kappa shape index (κ1) is 71.5. The van der Waals surface area contributed by atoms with Gasteiger partial charge in [0.25, 0.3) is 10.1 Å². The van der Waals surface area contributed by atoms with Gasteiger partial charge in [-0.05, 0) is 108 Å². The fraction of sp³-hybridized carbons (Fsp3) is 0.545. The number of nitrogens with one attached hydrogen (secondary N) is 1. The summed E-state index contributed by atoms with van der Waals surface area (Å²) in [5.41, 5.74) is 15.3. The van der Waals surface area contributed by atoms with Gasteiger partial charge in [-0.2, -0.15) is 21.6 Å². The molecule has 3 aliphatic heterocycles. The second-order valence-corrected chi connectivity index (χ2v) is 30.0. The van der Waals surface area contributed by atoms with E-state index >= 15 is 0 Å². The average molecular weight is 1340 g/mol. The van der Waals surface area contributed by atoms with Crippen LogP contribution in [0.1, 0.15) is 129 Å². The molecular weight excluding hydrogens is 1260 g/mol. The number of carbonyl (C=O) groups excluding carboxylic acids is 1. The number of aliphatic hydroxyl groups is 1. The summed E-state index contributed by atoms with van der Waals surface area (Å²) in [4.78, 5) is 57.3. The normalized spacial score (nSPS) is 21.7. The van der Waals surface area contributed by atoms with Crippen LogP contribution in [0.15, 0.2) is 94.9 Å². The Morgan fingerprint density at radius 2 is 1.48 bits per heavy atom. The number of nitrogens with zero attached hydrogens (tertiary/aromatic N) is 6. The van der Waals surface area contributed by atoms with Gasteiger partial charge < -0.3 is 55.5 Å². The SMILES string of the molecule is CCN1/C(=C/C=C/C=C/C2=[N+](CCCCCC(=O)NCCCCCCO[C@H]3[C@@H](O)[C@H](n4cnc5c(N)ncnc54)O[C@@H]3COP(=O)(O)OP(=O)(O)OP(=O)(O)OCCCCCCN)c3ccc(S(=O)(=O)O)cc3C2(C)C)C(C)(C)c2cc(S(=O)(=O)[O-])ccc21. The Hall–Kier alpha value is -4.98. The van der Waals surface area contributed by atoms with Gasteiger partial charge in [0.15, 0.2) is 23.4 Å². The average Bonchev–Trinajstić information content (AvgIpc) is 1.63. The third kappa shape index (κ3) is 18.4. The number of hydrogen-bond acceptors (Lipinski definition) is 22. The summed E-state index contributed by atoms with van der Waals surface area (Å²) in [7, 11) is -25.7. The number of nitrogens with two attached hydrogens (primary N) is 2. The van der Waals surface area contributed by atoms with Crippen LogP contribution < -0.4 is 21.7 Å². The number of fused-ring (bicyclic) bond motifs is 3. The zero-order valence-electron chi connectivity index (χ0n) is 50.1. The van der Waals surface area contributed by atoms with E-state index in [1.807, 2.05) is 65.0 Å². The molecule has 34 heteroatoms. The number of imidazole rings is 1. The van der Waals surface area contributed by atoms with E-state index in [-0.39, 0.29) is 58.7 Å².